The highest BCUT2D eigenvalue weighted by Crippen LogP contribution is 2.32. The Labute approximate surface area is 155 Å². The topological polar surface area (TPSA) is 73.9 Å². The van der Waals surface area contributed by atoms with E-state index in [1.165, 1.54) is 11.8 Å². The predicted molar refractivity (Wildman–Crippen MR) is 99.2 cm³/mol. The number of esters is 1. The fraction of sp³-hybridized carbons (Fsp3) is 0.263. The van der Waals surface area contributed by atoms with Gasteiger partial charge in [-0.2, -0.15) is 0 Å². The summed E-state index contributed by atoms with van der Waals surface area (Å²) in [5, 5.41) is 2.69. The molecular weight excluding hydrogens is 354 g/mol. The molecular formula is C19H19NO5S. The van der Waals surface area contributed by atoms with E-state index in [2.05, 4.69) is 5.32 Å². The molecule has 0 spiro atoms. The lowest BCUT2D eigenvalue weighted by atomic mass is 10.2. The third-order valence-corrected chi connectivity index (χ3v) is 4.49. The van der Waals surface area contributed by atoms with Crippen LogP contribution in [0.15, 0.2) is 47.4 Å². The highest BCUT2D eigenvalue weighted by molar-refractivity contribution is 7.98. The van der Waals surface area contributed by atoms with Crippen LogP contribution >= 0.6 is 11.8 Å². The van der Waals surface area contributed by atoms with E-state index in [-0.39, 0.29) is 6.61 Å². The van der Waals surface area contributed by atoms with E-state index >= 15 is 0 Å². The number of hydrogen-bond acceptors (Lipinski definition) is 6. The molecule has 2 aromatic rings. The molecule has 1 aliphatic heterocycles. The molecule has 1 amide bonds. The molecule has 1 heterocycles. The van der Waals surface area contributed by atoms with E-state index in [1.54, 1.807) is 30.3 Å². The first kappa shape index (κ1) is 18.1. The van der Waals surface area contributed by atoms with Gasteiger partial charge in [-0.25, -0.2) is 4.79 Å². The van der Waals surface area contributed by atoms with Crippen molar-refractivity contribution in [2.45, 2.75) is 11.3 Å². The number of benzene rings is 2. The first-order valence-corrected chi connectivity index (χ1v) is 9.39. The number of amides is 1. The highest BCUT2D eigenvalue weighted by Gasteiger charge is 2.15. The number of rotatable bonds is 5. The van der Waals surface area contributed by atoms with Gasteiger partial charge >= 0.3 is 5.97 Å². The Morgan fingerprint density at radius 1 is 1.12 bits per heavy atom. The summed E-state index contributed by atoms with van der Waals surface area (Å²) in [4.78, 5) is 25.0. The van der Waals surface area contributed by atoms with Crippen molar-refractivity contribution in [2.75, 3.05) is 31.4 Å². The lowest BCUT2D eigenvalue weighted by Gasteiger charge is -2.11. The van der Waals surface area contributed by atoms with Crippen LogP contribution in [-0.2, 0) is 9.53 Å². The zero-order valence-corrected chi connectivity index (χ0v) is 15.1. The lowest BCUT2D eigenvalue weighted by Crippen LogP contribution is -2.21. The number of carbonyl (C=O) groups is 2. The van der Waals surface area contributed by atoms with Gasteiger partial charge in [0, 0.05) is 23.1 Å². The van der Waals surface area contributed by atoms with Gasteiger partial charge in [0.1, 0.15) is 0 Å². The number of carbonyl (C=O) groups excluding carboxylic acids is 2. The molecule has 3 rings (SSSR count). The first-order valence-electron chi connectivity index (χ1n) is 8.17. The Hall–Kier alpha value is -2.67. The van der Waals surface area contributed by atoms with Gasteiger partial charge < -0.3 is 19.5 Å². The van der Waals surface area contributed by atoms with Gasteiger partial charge in [0.15, 0.2) is 18.1 Å². The highest BCUT2D eigenvalue weighted by atomic mass is 32.2. The average Bonchev–Trinajstić information content (AvgIpc) is 2.91. The molecule has 2 aromatic carbocycles. The van der Waals surface area contributed by atoms with Crippen molar-refractivity contribution in [3.05, 3.63) is 48.0 Å². The normalized spacial score (nSPS) is 12.8. The van der Waals surface area contributed by atoms with Gasteiger partial charge in [0.25, 0.3) is 5.91 Å². The molecule has 7 heteroatoms. The van der Waals surface area contributed by atoms with Gasteiger partial charge in [0.05, 0.1) is 18.8 Å². The van der Waals surface area contributed by atoms with Crippen LogP contribution in [0.25, 0.3) is 0 Å². The second-order valence-electron chi connectivity index (χ2n) is 5.54. The van der Waals surface area contributed by atoms with E-state index in [0.29, 0.717) is 36.0 Å². The second kappa shape index (κ2) is 8.62. The smallest absolute Gasteiger partial charge is 0.339 e. The van der Waals surface area contributed by atoms with Gasteiger partial charge in [-0.3, -0.25) is 4.79 Å². The summed E-state index contributed by atoms with van der Waals surface area (Å²) >= 11 is 1.45. The zero-order valence-electron chi connectivity index (χ0n) is 14.3. The van der Waals surface area contributed by atoms with Crippen LogP contribution in [0.4, 0.5) is 5.69 Å². The minimum Gasteiger partial charge on any atom is -0.490 e. The summed E-state index contributed by atoms with van der Waals surface area (Å²) in [6, 6.07) is 12.3. The van der Waals surface area contributed by atoms with Gasteiger partial charge in [-0.15, -0.1) is 11.8 Å². The third kappa shape index (κ3) is 4.49. The summed E-state index contributed by atoms with van der Waals surface area (Å²) < 4.78 is 16.3. The van der Waals surface area contributed by atoms with Crippen LogP contribution in [0.3, 0.4) is 0 Å². The summed E-state index contributed by atoms with van der Waals surface area (Å²) in [6.45, 7) is 0.805. The second-order valence-corrected chi connectivity index (χ2v) is 6.38. The Bertz CT molecular complexity index is 808. The molecule has 0 saturated carbocycles. The van der Waals surface area contributed by atoms with Crippen molar-refractivity contribution in [3.8, 4) is 11.5 Å². The summed E-state index contributed by atoms with van der Waals surface area (Å²) in [7, 11) is 0. The molecule has 0 unspecified atom stereocenters. The Balaban J connectivity index is 1.57. The largest absolute Gasteiger partial charge is 0.490 e. The lowest BCUT2D eigenvalue weighted by molar-refractivity contribution is -0.119. The molecule has 0 fully saturated rings. The van der Waals surface area contributed by atoms with E-state index in [0.717, 1.165) is 11.3 Å². The molecule has 1 N–H and O–H groups in total. The summed E-state index contributed by atoms with van der Waals surface area (Å²) in [6.07, 6.45) is 2.69. The molecule has 6 nitrogen and oxygen atoms in total. The predicted octanol–water partition coefficient (Wildman–Crippen LogP) is 3.37. The molecule has 0 aromatic heterocycles. The van der Waals surface area contributed by atoms with Crippen molar-refractivity contribution in [1.82, 2.24) is 0 Å². The molecule has 0 radical (unpaired) electrons. The van der Waals surface area contributed by atoms with Gasteiger partial charge in [-0.1, -0.05) is 12.1 Å². The van der Waals surface area contributed by atoms with E-state index < -0.39 is 11.9 Å². The molecule has 0 aliphatic carbocycles. The first-order chi connectivity index (χ1) is 12.7. The molecule has 0 bridgehead atoms. The number of thioether (sulfide) groups is 1. The number of anilines is 1. The number of nitrogens with one attached hydrogen (secondary N) is 1. The maximum atomic E-state index is 12.2. The number of fused-ring (bicyclic) bond motifs is 1. The van der Waals surface area contributed by atoms with Crippen molar-refractivity contribution in [2.24, 2.45) is 0 Å². The Kier molecular flexibility index (Phi) is 6.01. The van der Waals surface area contributed by atoms with E-state index in [4.69, 9.17) is 14.2 Å². The zero-order chi connectivity index (χ0) is 18.4. The van der Waals surface area contributed by atoms with Crippen molar-refractivity contribution < 1.29 is 23.8 Å². The minimum absolute atomic E-state index is 0.365. The van der Waals surface area contributed by atoms with Crippen molar-refractivity contribution in [3.63, 3.8) is 0 Å². The number of ether oxygens (including phenoxy) is 3. The quantitative estimate of drug-likeness (QED) is 0.640. The van der Waals surface area contributed by atoms with E-state index in [9.17, 15) is 9.59 Å². The van der Waals surface area contributed by atoms with Crippen LogP contribution in [0.5, 0.6) is 11.5 Å². The Morgan fingerprint density at radius 3 is 2.69 bits per heavy atom. The average molecular weight is 373 g/mol. The van der Waals surface area contributed by atoms with Crippen LogP contribution < -0.4 is 14.8 Å². The van der Waals surface area contributed by atoms with Crippen LogP contribution in [0.1, 0.15) is 16.8 Å². The molecule has 1 aliphatic rings. The maximum absolute atomic E-state index is 12.2. The number of hydrogen-bond donors (Lipinski definition) is 1. The molecule has 0 saturated heterocycles. The molecule has 136 valence electrons. The molecule has 0 atom stereocenters. The van der Waals surface area contributed by atoms with Crippen molar-refractivity contribution in [1.29, 1.82) is 0 Å². The summed E-state index contributed by atoms with van der Waals surface area (Å²) in [5.41, 5.74) is 1.00. The van der Waals surface area contributed by atoms with E-state index in [1.807, 2.05) is 18.4 Å². The fourth-order valence-electron chi connectivity index (χ4n) is 2.46. The maximum Gasteiger partial charge on any atom is 0.339 e. The fourth-order valence-corrected chi connectivity index (χ4v) is 3.05. The molecule has 26 heavy (non-hydrogen) atoms. The SMILES string of the molecule is CSc1ccccc1C(=O)OCC(=O)Nc1ccc2c(c1)OCCCO2. The van der Waals surface area contributed by atoms with Crippen molar-refractivity contribution >= 4 is 29.3 Å². The standard InChI is InChI=1S/C19H19NO5S/c1-26-17-6-3-2-5-14(17)19(22)25-12-18(21)20-13-7-8-15-16(11-13)24-10-4-9-23-15/h2-3,5-8,11H,4,9-10,12H2,1H3,(H,20,21). The third-order valence-electron chi connectivity index (χ3n) is 3.69. The minimum atomic E-state index is -0.524. The van der Waals surface area contributed by atoms with Crippen LogP contribution in [0.2, 0.25) is 0 Å². The summed E-state index contributed by atoms with van der Waals surface area (Å²) in [5.74, 6) is 0.296. The Morgan fingerprint density at radius 2 is 1.88 bits per heavy atom. The van der Waals surface area contributed by atoms with Crippen LogP contribution in [0, 0.1) is 0 Å². The van der Waals surface area contributed by atoms with Crippen LogP contribution in [-0.4, -0.2) is 38.0 Å². The van der Waals surface area contributed by atoms with Gasteiger partial charge in [-0.05, 0) is 30.5 Å². The monoisotopic (exact) mass is 373 g/mol. The van der Waals surface area contributed by atoms with Gasteiger partial charge in [0.2, 0.25) is 0 Å².